The van der Waals surface area contributed by atoms with E-state index >= 15 is 0 Å². The Bertz CT molecular complexity index is 461. The summed E-state index contributed by atoms with van der Waals surface area (Å²) in [5, 5.41) is 3.76. The molecule has 0 amide bonds. The molecule has 0 heterocycles. The Morgan fingerprint density at radius 3 is 2.95 bits per heavy atom. The summed E-state index contributed by atoms with van der Waals surface area (Å²) in [5.41, 5.74) is 2.82. The highest BCUT2D eigenvalue weighted by atomic mass is 32.2. The van der Waals surface area contributed by atoms with Crippen molar-refractivity contribution in [3.05, 3.63) is 29.3 Å². The molecule has 2 rings (SSSR count). The van der Waals surface area contributed by atoms with E-state index < -0.39 is 10.8 Å². The Labute approximate surface area is 118 Å². The third kappa shape index (κ3) is 3.80. The van der Waals surface area contributed by atoms with E-state index in [0.29, 0.717) is 6.04 Å². The average Bonchev–Trinajstić information content (AvgIpc) is 2.43. The van der Waals surface area contributed by atoms with Crippen LogP contribution in [0.15, 0.2) is 18.2 Å². The first-order chi connectivity index (χ1) is 9.10. The molecule has 3 nitrogen and oxygen atoms in total. The van der Waals surface area contributed by atoms with Crippen LogP contribution in [0.1, 0.15) is 24.5 Å². The van der Waals surface area contributed by atoms with Gasteiger partial charge in [-0.25, -0.2) is 0 Å². The van der Waals surface area contributed by atoms with Gasteiger partial charge < -0.3 is 10.1 Å². The van der Waals surface area contributed by atoms with Crippen molar-refractivity contribution in [1.29, 1.82) is 0 Å². The van der Waals surface area contributed by atoms with E-state index in [0.717, 1.165) is 31.6 Å². The first-order valence-corrected chi connectivity index (χ1v) is 8.43. The summed E-state index contributed by atoms with van der Waals surface area (Å²) in [6.45, 7) is 2.86. The summed E-state index contributed by atoms with van der Waals surface area (Å²) in [7, 11) is 0.959. The number of ether oxygens (including phenoxy) is 1. The number of rotatable bonds is 5. The molecule has 0 radical (unpaired) electrons. The molecule has 1 N–H and O–H groups in total. The van der Waals surface area contributed by atoms with Crippen LogP contribution in [0.3, 0.4) is 0 Å². The van der Waals surface area contributed by atoms with Crippen LogP contribution in [0, 0.1) is 0 Å². The van der Waals surface area contributed by atoms with Crippen molar-refractivity contribution < 1.29 is 8.95 Å². The van der Waals surface area contributed by atoms with E-state index in [4.69, 9.17) is 4.74 Å². The van der Waals surface area contributed by atoms with Crippen LogP contribution in [0.2, 0.25) is 0 Å². The number of methoxy groups -OCH3 is 1. The van der Waals surface area contributed by atoms with E-state index in [2.05, 4.69) is 17.4 Å². The Morgan fingerprint density at radius 2 is 2.26 bits per heavy atom. The van der Waals surface area contributed by atoms with Crippen molar-refractivity contribution in [2.75, 3.05) is 19.9 Å². The van der Waals surface area contributed by atoms with Crippen LogP contribution in [-0.4, -0.2) is 35.4 Å². The molecular weight excluding hydrogens is 258 g/mol. The zero-order chi connectivity index (χ0) is 13.8. The number of fused-ring (bicyclic) bond motifs is 1. The molecule has 0 saturated carbocycles. The van der Waals surface area contributed by atoms with Gasteiger partial charge in [0.05, 0.1) is 7.11 Å². The van der Waals surface area contributed by atoms with Crippen molar-refractivity contribution in [2.24, 2.45) is 0 Å². The molecule has 106 valence electrons. The minimum absolute atomic E-state index is 0.215. The lowest BCUT2D eigenvalue weighted by Crippen LogP contribution is -2.39. The molecule has 1 aromatic rings. The van der Waals surface area contributed by atoms with Gasteiger partial charge in [0.15, 0.2) is 0 Å². The van der Waals surface area contributed by atoms with Crippen molar-refractivity contribution in [2.45, 2.75) is 37.5 Å². The van der Waals surface area contributed by atoms with E-state index in [-0.39, 0.29) is 5.25 Å². The molecule has 4 heteroatoms. The summed E-state index contributed by atoms with van der Waals surface area (Å²) in [4.78, 5) is 0. The van der Waals surface area contributed by atoms with Crippen LogP contribution >= 0.6 is 0 Å². The molecule has 0 unspecified atom stereocenters. The van der Waals surface area contributed by atoms with Gasteiger partial charge in [-0.15, -0.1) is 0 Å². The Balaban J connectivity index is 1.95. The summed E-state index contributed by atoms with van der Waals surface area (Å²) in [6, 6.07) is 6.85. The maximum atomic E-state index is 11.4. The lowest BCUT2D eigenvalue weighted by atomic mass is 9.88. The van der Waals surface area contributed by atoms with Gasteiger partial charge in [-0.1, -0.05) is 6.07 Å². The molecular formula is C15H23NO2S. The molecule has 1 aliphatic carbocycles. The van der Waals surface area contributed by atoms with E-state index in [9.17, 15) is 4.21 Å². The Kier molecular flexibility index (Phi) is 4.99. The van der Waals surface area contributed by atoms with E-state index in [1.807, 2.05) is 13.0 Å². The fourth-order valence-corrected chi connectivity index (χ4v) is 2.82. The maximum absolute atomic E-state index is 11.4. The molecule has 1 aromatic carbocycles. The fraction of sp³-hybridized carbons (Fsp3) is 0.600. The minimum atomic E-state index is -0.747. The third-order valence-electron chi connectivity index (χ3n) is 3.90. The number of nitrogens with one attached hydrogen (secondary N) is 1. The highest BCUT2D eigenvalue weighted by Gasteiger charge is 2.19. The molecule has 1 aliphatic rings. The summed E-state index contributed by atoms with van der Waals surface area (Å²) < 4.78 is 16.6. The minimum Gasteiger partial charge on any atom is -0.497 e. The first kappa shape index (κ1) is 14.5. The summed E-state index contributed by atoms with van der Waals surface area (Å²) in [5.74, 6) is 0.933. The zero-order valence-corrected chi connectivity index (χ0v) is 12.8. The second-order valence-corrected chi connectivity index (χ2v) is 7.09. The van der Waals surface area contributed by atoms with Crippen molar-refractivity contribution >= 4 is 10.8 Å². The largest absolute Gasteiger partial charge is 0.497 e. The molecule has 0 aliphatic heterocycles. The lowest BCUT2D eigenvalue weighted by molar-refractivity contribution is 0.411. The summed E-state index contributed by atoms with van der Waals surface area (Å²) >= 11 is 0. The van der Waals surface area contributed by atoms with Crippen LogP contribution in [0.4, 0.5) is 0 Å². The van der Waals surface area contributed by atoms with Crippen molar-refractivity contribution in [3.8, 4) is 5.75 Å². The van der Waals surface area contributed by atoms with Gasteiger partial charge in [-0.2, -0.15) is 0 Å². The normalized spacial score (nSPS) is 21.5. The van der Waals surface area contributed by atoms with Crippen LogP contribution in [0.25, 0.3) is 0 Å². The second kappa shape index (κ2) is 6.53. The molecule has 0 bridgehead atoms. The lowest BCUT2D eigenvalue weighted by Gasteiger charge is -2.27. The van der Waals surface area contributed by atoms with Crippen LogP contribution in [-0.2, 0) is 23.6 Å². The summed E-state index contributed by atoms with van der Waals surface area (Å²) in [6.07, 6.45) is 5.08. The van der Waals surface area contributed by atoms with Gasteiger partial charge in [-0.05, 0) is 49.4 Å². The number of hydrogen-bond acceptors (Lipinski definition) is 3. The van der Waals surface area contributed by atoms with Crippen LogP contribution in [0.5, 0.6) is 5.75 Å². The van der Waals surface area contributed by atoms with Gasteiger partial charge in [0.25, 0.3) is 0 Å². The second-order valence-electron chi connectivity index (χ2n) is 5.29. The molecule has 0 aromatic heterocycles. The molecule has 0 fully saturated rings. The monoisotopic (exact) mass is 281 g/mol. The number of benzene rings is 1. The zero-order valence-electron chi connectivity index (χ0n) is 11.9. The fourth-order valence-electron chi connectivity index (χ4n) is 2.48. The van der Waals surface area contributed by atoms with E-state index in [1.54, 1.807) is 13.4 Å². The molecule has 3 atom stereocenters. The van der Waals surface area contributed by atoms with Crippen molar-refractivity contribution in [1.82, 2.24) is 5.32 Å². The maximum Gasteiger partial charge on any atom is 0.119 e. The Morgan fingerprint density at radius 1 is 1.47 bits per heavy atom. The predicted molar refractivity (Wildman–Crippen MR) is 80.3 cm³/mol. The highest BCUT2D eigenvalue weighted by molar-refractivity contribution is 7.84. The van der Waals surface area contributed by atoms with E-state index in [1.165, 1.54) is 11.1 Å². The topological polar surface area (TPSA) is 38.3 Å². The number of hydrogen-bond donors (Lipinski definition) is 1. The van der Waals surface area contributed by atoms with Gasteiger partial charge in [0, 0.05) is 34.9 Å². The molecule has 0 saturated heterocycles. The smallest absolute Gasteiger partial charge is 0.119 e. The van der Waals surface area contributed by atoms with Gasteiger partial charge in [-0.3, -0.25) is 4.21 Å². The van der Waals surface area contributed by atoms with Gasteiger partial charge >= 0.3 is 0 Å². The quantitative estimate of drug-likeness (QED) is 0.896. The predicted octanol–water partition coefficient (Wildman–Crippen LogP) is 1.91. The van der Waals surface area contributed by atoms with Gasteiger partial charge in [0.2, 0.25) is 0 Å². The third-order valence-corrected chi connectivity index (χ3v) is 5.20. The SMILES string of the molecule is COc1ccc2c(c1)C[C@@H](NC[C@H](C)[S@](C)=O)CC2. The number of aryl methyl sites for hydroxylation is 1. The first-order valence-electron chi connectivity index (χ1n) is 6.81. The van der Waals surface area contributed by atoms with Crippen LogP contribution < -0.4 is 10.1 Å². The molecule has 19 heavy (non-hydrogen) atoms. The van der Waals surface area contributed by atoms with Crippen molar-refractivity contribution in [3.63, 3.8) is 0 Å². The van der Waals surface area contributed by atoms with Gasteiger partial charge in [0.1, 0.15) is 5.75 Å². The molecule has 0 spiro atoms. The average molecular weight is 281 g/mol. The Hall–Kier alpha value is -0.870. The standard InChI is InChI=1S/C15H23NO2S/c1-11(19(3)17)10-16-14-6-4-12-5-7-15(18-2)9-13(12)8-14/h5,7,9,11,14,16H,4,6,8,10H2,1-3H3/t11-,14-,19-/m0/s1. The highest BCUT2D eigenvalue weighted by Crippen LogP contribution is 2.25.